The normalized spacial score (nSPS) is 27.9. The molecule has 5 heterocycles. The summed E-state index contributed by atoms with van der Waals surface area (Å²) in [7, 11) is 2.10. The van der Waals surface area contributed by atoms with Crippen molar-refractivity contribution in [3.8, 4) is 0 Å². The van der Waals surface area contributed by atoms with Crippen LogP contribution in [0.2, 0.25) is 0 Å². The zero-order valence-corrected chi connectivity index (χ0v) is 21.7. The van der Waals surface area contributed by atoms with Gasteiger partial charge in [-0.15, -0.1) is 11.8 Å². The zero-order chi connectivity index (χ0) is 26.3. The number of hydrogen-bond acceptors (Lipinski definition) is 10. The number of carbonyl (C=O) groups excluding carboxylic acids is 2. The predicted molar refractivity (Wildman–Crippen MR) is 137 cm³/mol. The number of amides is 2. The van der Waals surface area contributed by atoms with Gasteiger partial charge >= 0.3 is 5.97 Å². The quantitative estimate of drug-likeness (QED) is 0.0979. The molecule has 0 bridgehead atoms. The van der Waals surface area contributed by atoms with E-state index < -0.39 is 34.7 Å². The van der Waals surface area contributed by atoms with Crippen LogP contribution >= 0.6 is 23.5 Å². The Balaban J connectivity index is 1.31. The van der Waals surface area contributed by atoms with Gasteiger partial charge in [0.15, 0.2) is 24.7 Å². The van der Waals surface area contributed by atoms with Gasteiger partial charge < -0.3 is 31.6 Å². The van der Waals surface area contributed by atoms with E-state index in [9.17, 15) is 24.7 Å². The number of aliphatic carboxylic acids is 1. The van der Waals surface area contributed by atoms with Gasteiger partial charge in [0.2, 0.25) is 0 Å². The van der Waals surface area contributed by atoms with Gasteiger partial charge in [0, 0.05) is 40.8 Å². The van der Waals surface area contributed by atoms with Gasteiger partial charge in [-0.3, -0.25) is 14.5 Å². The molecule has 4 aliphatic rings. The molecule has 14 heteroatoms. The number of carboxylic acid groups (broad SMARTS) is 1. The number of nitrogens with one attached hydrogen (secondary N) is 2. The molecule has 37 heavy (non-hydrogen) atoms. The largest absolute Gasteiger partial charge is 0.477 e. The lowest BCUT2D eigenvalue weighted by Gasteiger charge is -2.49. The topological polar surface area (TPSA) is 164 Å². The molecular weight excluding hydrogens is 518 g/mol. The molecule has 4 atom stereocenters. The second kappa shape index (κ2) is 10.4. The first-order valence-electron chi connectivity index (χ1n) is 11.8. The van der Waals surface area contributed by atoms with Crippen LogP contribution in [0, 0.1) is 0 Å². The van der Waals surface area contributed by atoms with Gasteiger partial charge in [-0.2, -0.15) is 0 Å². The number of nitrogens with two attached hydrogens (primary N) is 1. The van der Waals surface area contributed by atoms with Crippen LogP contribution in [0.15, 0.2) is 52.1 Å². The van der Waals surface area contributed by atoms with E-state index in [2.05, 4.69) is 40.0 Å². The molecule has 0 aromatic carbocycles. The van der Waals surface area contributed by atoms with Gasteiger partial charge in [0.25, 0.3) is 11.8 Å². The average Bonchev–Trinajstić information content (AvgIpc) is 3.51. The van der Waals surface area contributed by atoms with E-state index in [0.717, 1.165) is 19.5 Å². The molecular formula is C23H28N7O5S2+. The Labute approximate surface area is 221 Å². The Bertz CT molecular complexity index is 1240. The number of rotatable bonds is 7. The summed E-state index contributed by atoms with van der Waals surface area (Å²) in [6.45, 7) is 2.38. The minimum Gasteiger partial charge on any atom is -0.477 e. The maximum absolute atomic E-state index is 13.0. The smallest absolute Gasteiger partial charge is 0.352 e. The third-order valence-electron chi connectivity index (χ3n) is 6.85. The lowest BCUT2D eigenvalue weighted by molar-refractivity contribution is -0.689. The standard InChI is InChI=1S/C23H27N7O5S2/c1-28-6-4-13(7-28)12-3-2-5-29(8-12)9-14-10-36-21-17(20(32)30(21)18(14)22(33)34)26-19(31)16(27-35)15-11-37-23(24)25-15/h2-3,5,8,11,13,17,21,23,25H,4,6-7,9-10,24H2,1H3,(H2-,26,31,33,34,35)/p+1/t13?,17-,21?,23?/m1/s1. The molecule has 0 spiro atoms. The summed E-state index contributed by atoms with van der Waals surface area (Å²) in [6, 6.07) is 3.12. The molecule has 6 N–H and O–H groups in total. The van der Waals surface area contributed by atoms with Crippen LogP contribution in [0.25, 0.3) is 0 Å². The number of nitrogens with zero attached hydrogens (tertiary/aromatic N) is 4. The number of β-lactam (4-membered cyclic amide) rings is 1. The van der Waals surface area contributed by atoms with Crippen LogP contribution in [-0.4, -0.2) is 86.4 Å². The van der Waals surface area contributed by atoms with E-state index in [1.165, 1.54) is 34.0 Å². The monoisotopic (exact) mass is 546 g/mol. The lowest BCUT2D eigenvalue weighted by Crippen LogP contribution is -2.71. The van der Waals surface area contributed by atoms with E-state index in [1.54, 1.807) is 5.41 Å². The molecule has 1 aromatic rings. The molecule has 0 saturated carbocycles. The first-order chi connectivity index (χ1) is 17.8. The third kappa shape index (κ3) is 4.93. The number of carboxylic acids is 1. The van der Waals surface area contributed by atoms with Crippen molar-refractivity contribution in [3.63, 3.8) is 0 Å². The van der Waals surface area contributed by atoms with Gasteiger partial charge in [-0.05, 0) is 26.1 Å². The second-order valence-corrected chi connectivity index (χ2v) is 11.5. The fourth-order valence-corrected chi connectivity index (χ4v) is 7.03. The number of aromatic nitrogens is 1. The predicted octanol–water partition coefficient (Wildman–Crippen LogP) is -0.618. The molecule has 12 nitrogen and oxygen atoms in total. The Morgan fingerprint density at radius 1 is 1.41 bits per heavy atom. The number of thioether (sulfide) groups is 2. The number of likely N-dealkylation sites (N-methyl/N-ethyl adjacent to an activating group) is 1. The van der Waals surface area contributed by atoms with E-state index in [4.69, 9.17) is 5.73 Å². The molecule has 0 radical (unpaired) electrons. The highest BCUT2D eigenvalue weighted by Gasteiger charge is 2.55. The highest BCUT2D eigenvalue weighted by molar-refractivity contribution is 8.02. The summed E-state index contributed by atoms with van der Waals surface area (Å²) in [6.07, 6.45) is 5.04. The molecule has 2 fully saturated rings. The number of likely N-dealkylation sites (tertiary alicyclic amines) is 1. The Hall–Kier alpha value is -3.07. The van der Waals surface area contributed by atoms with Crippen LogP contribution in [0.5, 0.6) is 0 Å². The van der Waals surface area contributed by atoms with Gasteiger partial charge in [-0.25, -0.2) is 9.36 Å². The lowest BCUT2D eigenvalue weighted by atomic mass is 10.00. The third-order valence-corrected chi connectivity index (χ3v) is 8.98. The van der Waals surface area contributed by atoms with Crippen molar-refractivity contribution in [2.24, 2.45) is 10.9 Å². The van der Waals surface area contributed by atoms with Gasteiger partial charge in [0.1, 0.15) is 22.6 Å². The number of fused-ring (bicyclic) bond motifs is 1. The van der Waals surface area contributed by atoms with Crippen molar-refractivity contribution in [3.05, 3.63) is 52.5 Å². The molecule has 1 aromatic heterocycles. The summed E-state index contributed by atoms with van der Waals surface area (Å²) >= 11 is 2.60. The number of pyridine rings is 1. The second-order valence-electron chi connectivity index (χ2n) is 9.36. The summed E-state index contributed by atoms with van der Waals surface area (Å²) in [5.74, 6) is -1.63. The van der Waals surface area contributed by atoms with Crippen molar-refractivity contribution >= 4 is 47.0 Å². The Morgan fingerprint density at radius 3 is 2.86 bits per heavy atom. The van der Waals surface area contributed by atoms with Crippen LogP contribution in [0.1, 0.15) is 17.9 Å². The molecule has 5 rings (SSSR count). The first-order valence-corrected chi connectivity index (χ1v) is 13.7. The minimum absolute atomic E-state index is 0.0451. The molecule has 4 aliphatic heterocycles. The number of hydrogen-bond donors (Lipinski definition) is 5. The van der Waals surface area contributed by atoms with Crippen molar-refractivity contribution in [2.75, 3.05) is 25.9 Å². The number of oxime groups is 1. The molecule has 2 amide bonds. The highest BCUT2D eigenvalue weighted by Crippen LogP contribution is 2.40. The molecule has 2 saturated heterocycles. The fourth-order valence-electron chi connectivity index (χ4n) is 5.03. The van der Waals surface area contributed by atoms with Crippen LogP contribution in [0.3, 0.4) is 0 Å². The van der Waals surface area contributed by atoms with E-state index >= 15 is 0 Å². The zero-order valence-electron chi connectivity index (χ0n) is 20.0. The van der Waals surface area contributed by atoms with Crippen molar-refractivity contribution < 1.29 is 29.3 Å². The van der Waals surface area contributed by atoms with Crippen LogP contribution in [-0.2, 0) is 20.9 Å². The summed E-state index contributed by atoms with van der Waals surface area (Å²) in [4.78, 5) is 41.5. The Morgan fingerprint density at radius 2 is 2.22 bits per heavy atom. The van der Waals surface area contributed by atoms with E-state index in [1.807, 2.05) is 16.8 Å². The minimum atomic E-state index is -1.18. The van der Waals surface area contributed by atoms with Crippen LogP contribution < -0.4 is 20.9 Å². The van der Waals surface area contributed by atoms with Crippen molar-refractivity contribution in [2.45, 2.75) is 35.8 Å². The molecule has 3 unspecified atom stereocenters. The summed E-state index contributed by atoms with van der Waals surface area (Å²) < 4.78 is 1.96. The Kier molecular flexibility index (Phi) is 7.16. The molecule has 196 valence electrons. The maximum atomic E-state index is 13.0. The van der Waals surface area contributed by atoms with Gasteiger partial charge in [0.05, 0.1) is 5.70 Å². The highest BCUT2D eigenvalue weighted by atomic mass is 32.2. The van der Waals surface area contributed by atoms with E-state index in [0.29, 0.717) is 23.8 Å². The molecule has 0 aliphatic carbocycles. The summed E-state index contributed by atoms with van der Waals surface area (Å²) in [5.41, 5.74) is 6.98. The summed E-state index contributed by atoms with van der Waals surface area (Å²) in [5, 5.41) is 28.8. The number of carbonyl (C=O) groups is 3. The van der Waals surface area contributed by atoms with Crippen molar-refractivity contribution in [1.29, 1.82) is 0 Å². The van der Waals surface area contributed by atoms with Crippen LogP contribution in [0.4, 0.5) is 0 Å². The fraction of sp³-hybridized carbons (Fsp3) is 0.435. The maximum Gasteiger partial charge on any atom is 0.352 e. The first kappa shape index (κ1) is 25.6. The van der Waals surface area contributed by atoms with Crippen molar-refractivity contribution in [1.82, 2.24) is 20.4 Å². The SMILES string of the molecule is CN1CCC(c2ccc[n+](CC3=C(C(=O)O)N4C(=O)[C@@H](NC(=O)/C(=N\O)C5=CSC(N)N5)C4SC3)c2)C1. The average molecular weight is 547 g/mol. The van der Waals surface area contributed by atoms with Gasteiger partial charge in [-0.1, -0.05) is 16.9 Å². The van der Waals surface area contributed by atoms with E-state index in [-0.39, 0.29) is 17.1 Å².